The first kappa shape index (κ1) is 100. The van der Waals surface area contributed by atoms with Crippen LogP contribution >= 0.6 is 0 Å². The molecule has 2 N–H and O–H groups in total. The highest BCUT2D eigenvalue weighted by Gasteiger charge is 2.45. The summed E-state index contributed by atoms with van der Waals surface area (Å²) in [6.07, 6.45) is 6.46. The molecule has 20 rings (SSSR count). The van der Waals surface area contributed by atoms with Crippen LogP contribution in [0.25, 0.3) is 0 Å². The minimum atomic E-state index is -0.855. The standard InChI is InChI=1S/C56H57N5O13.C55H55N5O13/c1-34-20-43-45(57-30-40-25-38-8-4-6-10-47(38)59(40)55(43)65)28-49(34)72-32-36-22-37(33-73-51-29-46-44(27-50(51)67-3)56(66)60-41(31-58-46)26-39-9-5-7-11-48(39)60)24-42(23-36)71-19-18-70-17-16-69-15-14-68-13-12-53(63)74-61-52(62)21-35(2)54(61)64;1-33-18-42-44(56-28-39-23-37-8-4-6-10-46(37)58(39)54(42)64)26-48(33)71-30-35-20-36(22-41(21-35)70-17-16-68-13-12-67-14-15-69-32-52(62)73-60-51(61)19-34(2)53(60)63)31-72-50-27-45-43(25-49(50)66-3)55(65)59-40(29-57-45)24-38-9-5-7-11-47(38)59/h4-11,20,22-24,27-29,31,35,40-41,57H,12-19,21,25-26,30,32-33H2,1-3H3;4-11,18,20-22,25-27,29,34,39-40,56H,12-17,19,23-24,28,30-32H2,1-3H3/t35?,40-,41-;34?,39-,40+/m01/s1. The van der Waals surface area contributed by atoms with Crippen LogP contribution in [0.5, 0.6) is 46.0 Å². The van der Waals surface area contributed by atoms with Crippen LogP contribution in [-0.4, -0.2) is 226 Å². The Kier molecular flexibility index (Phi) is 30.9. The summed E-state index contributed by atoms with van der Waals surface area (Å²) in [7, 11) is 3.07. The highest BCUT2D eigenvalue weighted by Crippen LogP contribution is 2.47. The zero-order valence-corrected chi connectivity index (χ0v) is 82.2. The Hall–Kier alpha value is -15.6. The molecule has 762 valence electrons. The van der Waals surface area contributed by atoms with Crippen LogP contribution in [0.3, 0.4) is 0 Å². The molecule has 36 heteroatoms. The van der Waals surface area contributed by atoms with E-state index in [0.29, 0.717) is 129 Å². The molecule has 2 fully saturated rings. The quantitative estimate of drug-likeness (QED) is 0.0265. The van der Waals surface area contributed by atoms with Crippen LogP contribution < -0.4 is 68.1 Å². The van der Waals surface area contributed by atoms with Gasteiger partial charge >= 0.3 is 11.9 Å². The number of aryl methyl sites for hydroxylation is 2. The second kappa shape index (κ2) is 45.4. The highest BCUT2D eigenvalue weighted by molar-refractivity contribution is 6.17. The lowest BCUT2D eigenvalue weighted by Gasteiger charge is -2.22. The van der Waals surface area contributed by atoms with Crippen LogP contribution in [0.2, 0.25) is 0 Å². The van der Waals surface area contributed by atoms with E-state index >= 15 is 0 Å². The van der Waals surface area contributed by atoms with Gasteiger partial charge in [-0.1, -0.05) is 86.6 Å². The summed E-state index contributed by atoms with van der Waals surface area (Å²) in [6.45, 7) is 11.3. The van der Waals surface area contributed by atoms with Gasteiger partial charge in [0.05, 0.1) is 162 Å². The third-order valence-corrected chi connectivity index (χ3v) is 26.8. The molecule has 0 spiro atoms. The number of rotatable bonds is 41. The van der Waals surface area contributed by atoms with Crippen molar-refractivity contribution >= 4 is 117 Å². The van der Waals surface area contributed by atoms with Crippen molar-refractivity contribution < 1.29 is 124 Å². The first-order valence-corrected chi connectivity index (χ1v) is 49.1. The zero-order valence-electron chi connectivity index (χ0n) is 82.2. The molecule has 0 aromatic heterocycles. The number of anilines is 6. The molecule has 6 atom stereocenters. The average molecular weight is 2000 g/mol. The summed E-state index contributed by atoms with van der Waals surface area (Å²) in [5, 5.41) is 8.07. The molecule has 2 saturated heterocycles. The lowest BCUT2D eigenvalue weighted by Crippen LogP contribution is -2.39. The zero-order chi connectivity index (χ0) is 102. The molecule has 36 nitrogen and oxygen atoms in total. The molecule has 0 radical (unpaired) electrons. The summed E-state index contributed by atoms with van der Waals surface area (Å²) in [6, 6.07) is 57.5. The van der Waals surface area contributed by atoms with Crippen molar-refractivity contribution in [3.8, 4) is 46.0 Å². The molecule has 8 amide bonds. The van der Waals surface area contributed by atoms with Crippen LogP contribution in [-0.2, 0) is 119 Å². The van der Waals surface area contributed by atoms with E-state index in [-0.39, 0.29) is 166 Å². The SMILES string of the molecule is COc1cc2c(cc1OCc1cc(COc3cc4c(cc3C)C(=O)N3c5ccccc5C[C@@H]3CN4)cc(OCCOCCOCCOCC(=O)ON3C(=O)CC(C)C3=O)c1)N=C[C@@H]1Cc3ccccc3N1C2=O.COc1cc2c(cc1OCc1cc(COc3cc4c(cc3C)C(=O)N3c5ccccc5C[C@H]3CN4)cc(OCCOCCOCCOCCC(=O)ON3C(=O)CC(C)C3=O)c1)N=C[C@@H]1Cc3ccccc3N1C2=O. The van der Waals surface area contributed by atoms with Crippen LogP contribution in [0.4, 0.5) is 45.5 Å². The number of carbonyl (C=O) groups is 10. The number of para-hydroxylation sites is 4. The third kappa shape index (κ3) is 22.5. The summed E-state index contributed by atoms with van der Waals surface area (Å²) >= 11 is 0. The van der Waals surface area contributed by atoms with Gasteiger partial charge in [-0.05, 0) is 167 Å². The molecular weight excluding hydrogens is 1890 g/mol. The fourth-order valence-electron chi connectivity index (χ4n) is 19.5. The molecule has 10 aliphatic heterocycles. The van der Waals surface area contributed by atoms with Gasteiger partial charge in [0.15, 0.2) is 23.0 Å². The number of amides is 8. The predicted molar refractivity (Wildman–Crippen MR) is 539 cm³/mol. The van der Waals surface area contributed by atoms with E-state index in [1.165, 1.54) is 25.3 Å². The number of imide groups is 2. The first-order valence-electron chi connectivity index (χ1n) is 49.1. The van der Waals surface area contributed by atoms with Crippen molar-refractivity contribution in [3.05, 3.63) is 260 Å². The summed E-state index contributed by atoms with van der Waals surface area (Å²) in [5.74, 6) is -1.19. The van der Waals surface area contributed by atoms with Crippen molar-refractivity contribution in [2.24, 2.45) is 21.8 Å². The molecule has 147 heavy (non-hydrogen) atoms. The molecule has 10 aromatic carbocycles. The second-order valence-corrected chi connectivity index (χ2v) is 37.0. The van der Waals surface area contributed by atoms with Gasteiger partial charge in [-0.3, -0.25) is 58.1 Å². The number of fused-ring (bicyclic) bond motifs is 16. The third-order valence-electron chi connectivity index (χ3n) is 26.8. The van der Waals surface area contributed by atoms with E-state index in [1.54, 1.807) is 47.9 Å². The number of hydroxylamine groups is 4. The van der Waals surface area contributed by atoms with Crippen molar-refractivity contribution in [3.63, 3.8) is 0 Å². The Bertz CT molecular complexity index is 6810. The summed E-state index contributed by atoms with van der Waals surface area (Å²) in [4.78, 5) is 154. The largest absolute Gasteiger partial charge is 0.493 e. The van der Waals surface area contributed by atoms with Gasteiger partial charge in [0, 0.05) is 110 Å². The van der Waals surface area contributed by atoms with Gasteiger partial charge in [0.2, 0.25) is 0 Å². The molecule has 0 aliphatic carbocycles. The van der Waals surface area contributed by atoms with Gasteiger partial charge in [-0.25, -0.2) is 9.59 Å². The van der Waals surface area contributed by atoms with Crippen molar-refractivity contribution in [1.29, 1.82) is 0 Å². The van der Waals surface area contributed by atoms with Gasteiger partial charge in [0.25, 0.3) is 47.3 Å². The van der Waals surface area contributed by atoms with E-state index in [0.717, 1.165) is 91.5 Å². The lowest BCUT2D eigenvalue weighted by atomic mass is 10.1. The Morgan fingerprint density at radius 3 is 1.08 bits per heavy atom. The second-order valence-electron chi connectivity index (χ2n) is 37.0. The molecule has 10 aliphatic rings. The fourth-order valence-corrected chi connectivity index (χ4v) is 19.5. The Balaban J connectivity index is 0.000000185. The topological polar surface area (TPSA) is 387 Å². The normalized spacial score (nSPS) is 18.2. The number of ether oxygens (including phenoxy) is 14. The first-order chi connectivity index (χ1) is 71.5. The van der Waals surface area contributed by atoms with Gasteiger partial charge in [0.1, 0.15) is 69.2 Å². The monoisotopic (exact) mass is 2000 g/mol. The fraction of sp³-hybridized carbons (Fsp3) is 0.351. The van der Waals surface area contributed by atoms with E-state index in [1.807, 2.05) is 182 Å². The van der Waals surface area contributed by atoms with E-state index in [4.69, 9.17) is 86.0 Å². The Morgan fingerprint density at radius 2 is 0.694 bits per heavy atom. The highest BCUT2D eigenvalue weighted by atomic mass is 16.7. The number of nitrogens with zero attached hydrogens (tertiary/aromatic N) is 8. The number of aliphatic imine (C=N–C) groups is 2. The molecule has 10 heterocycles. The van der Waals surface area contributed by atoms with Gasteiger partial charge < -0.3 is 96.4 Å². The Labute approximate surface area is 847 Å². The number of nitrogens with one attached hydrogen (secondary N) is 2. The van der Waals surface area contributed by atoms with Gasteiger partial charge in [-0.2, -0.15) is 0 Å². The van der Waals surface area contributed by atoms with Crippen molar-refractivity contribution in [2.75, 3.05) is 150 Å². The lowest BCUT2D eigenvalue weighted by molar-refractivity contribution is -0.201. The van der Waals surface area contributed by atoms with Crippen LogP contribution in [0, 0.1) is 25.7 Å². The number of benzene rings is 10. The maximum Gasteiger partial charge on any atom is 0.358 e. The van der Waals surface area contributed by atoms with Crippen molar-refractivity contribution in [2.45, 2.75) is 123 Å². The average Bonchev–Trinajstić information content (AvgIpc) is 1.62. The smallest absolute Gasteiger partial charge is 0.358 e. The maximum atomic E-state index is 14.0. The molecule has 2 unspecified atom stereocenters. The predicted octanol–water partition coefficient (Wildman–Crippen LogP) is 13.8. The minimum Gasteiger partial charge on any atom is -0.493 e. The van der Waals surface area contributed by atoms with E-state index in [2.05, 4.69) is 22.8 Å². The maximum absolute atomic E-state index is 14.0. The van der Waals surface area contributed by atoms with Gasteiger partial charge in [-0.15, -0.1) is 10.1 Å². The Morgan fingerprint density at radius 1 is 0.347 bits per heavy atom. The van der Waals surface area contributed by atoms with Crippen LogP contribution in [0.1, 0.15) is 130 Å². The number of carbonyl (C=O) groups excluding carboxylic acids is 10. The minimum absolute atomic E-state index is 0.00201. The van der Waals surface area contributed by atoms with Crippen LogP contribution in [0.15, 0.2) is 192 Å². The van der Waals surface area contributed by atoms with E-state index < -0.39 is 54.0 Å². The molecule has 0 saturated carbocycles. The summed E-state index contributed by atoms with van der Waals surface area (Å²) in [5.41, 5.74) is 17.4. The number of methoxy groups -OCH3 is 2. The summed E-state index contributed by atoms with van der Waals surface area (Å²) < 4.78 is 83.2. The molecule has 0 bridgehead atoms. The van der Waals surface area contributed by atoms with E-state index in [9.17, 15) is 47.9 Å². The molecular formula is C111H112N10O26. The van der Waals surface area contributed by atoms with Crippen molar-refractivity contribution in [1.82, 2.24) is 10.1 Å². The molecule has 10 aromatic rings. The number of hydrogen-bond acceptors (Lipinski definition) is 30. The number of hydrogen-bond donors (Lipinski definition) is 2.